The molecule has 0 fully saturated rings. The van der Waals surface area contributed by atoms with Crippen LogP contribution in [-0.4, -0.2) is 5.25 Å². The molecule has 0 bridgehead atoms. The van der Waals surface area contributed by atoms with Crippen molar-refractivity contribution in [3.8, 4) is 22.3 Å². The molecule has 0 N–H and O–H groups in total. The molecule has 0 saturated carbocycles. The zero-order valence-corrected chi connectivity index (χ0v) is 33.1. The molecule has 1 aliphatic heterocycles. The Morgan fingerprint density at radius 3 is 1.90 bits per heavy atom. The molecule has 52 heavy (non-hydrogen) atoms. The molecule has 1 aliphatic rings. The highest BCUT2D eigenvalue weighted by Crippen LogP contribution is 2.44. The zero-order chi connectivity index (χ0) is 36.0. The lowest BCUT2D eigenvalue weighted by atomic mass is 9.94. The first-order valence-electron chi connectivity index (χ1n) is 18.6. The molecule has 1 unspecified atom stereocenters. The zero-order valence-electron chi connectivity index (χ0n) is 30.6. The van der Waals surface area contributed by atoms with E-state index in [0.717, 1.165) is 25.7 Å². The molecule has 6 aromatic carbocycles. The summed E-state index contributed by atoms with van der Waals surface area (Å²) in [6.07, 6.45) is 9.14. The third-order valence-corrected chi connectivity index (χ3v) is 13.4. The lowest BCUT2D eigenvalue weighted by Crippen LogP contribution is -1.98. The first-order valence-corrected chi connectivity index (χ1v) is 21.1. The Labute approximate surface area is 321 Å². The largest absolute Gasteiger partial charge is 0.135 e. The van der Waals surface area contributed by atoms with Crippen LogP contribution >= 0.6 is 34.4 Å². The molecule has 0 aliphatic carbocycles. The average Bonchev–Trinajstić information content (AvgIpc) is 3.77. The first-order chi connectivity index (χ1) is 25.6. The predicted molar refractivity (Wildman–Crippen MR) is 238 cm³/mol. The van der Waals surface area contributed by atoms with Gasteiger partial charge in [0.2, 0.25) is 0 Å². The van der Waals surface area contributed by atoms with Crippen molar-refractivity contribution < 1.29 is 0 Å². The molecule has 8 aromatic rings. The van der Waals surface area contributed by atoms with E-state index in [1.807, 2.05) is 48.3 Å². The summed E-state index contributed by atoms with van der Waals surface area (Å²) >= 11 is 5.76. The molecule has 0 spiro atoms. The number of thiophene rings is 2. The van der Waals surface area contributed by atoms with E-state index >= 15 is 0 Å². The van der Waals surface area contributed by atoms with Crippen LogP contribution in [0.5, 0.6) is 0 Å². The Bertz CT molecular complexity index is 2520. The smallest absolute Gasteiger partial charge is 0.0433 e. The van der Waals surface area contributed by atoms with Crippen LogP contribution in [0.3, 0.4) is 0 Å². The number of hydrogen-bond acceptors (Lipinski definition) is 3. The van der Waals surface area contributed by atoms with Crippen molar-refractivity contribution in [2.75, 3.05) is 0 Å². The molecular weight excluding hydrogens is 685 g/mol. The quantitative estimate of drug-likeness (QED) is 0.163. The fourth-order valence-electron chi connectivity index (χ4n) is 7.16. The summed E-state index contributed by atoms with van der Waals surface area (Å²) in [5.74, 6) is 0. The molecule has 3 heteroatoms. The van der Waals surface area contributed by atoms with Crippen molar-refractivity contribution in [1.29, 1.82) is 0 Å². The third kappa shape index (κ3) is 7.28. The van der Waals surface area contributed by atoms with E-state index in [4.69, 9.17) is 0 Å². The molecule has 1 atom stereocenters. The SMILES string of the molecule is C=C1CCC/C=C\C(C)Sc2c1cccc2-c1cccc(-c2cccc3c2sc2ccccc23)c1.CC.CCc1cccc2c1sc1ccccc12. The van der Waals surface area contributed by atoms with Gasteiger partial charge < -0.3 is 0 Å². The second-order valence-corrected chi connectivity index (χ2v) is 16.5. The highest BCUT2D eigenvalue weighted by molar-refractivity contribution is 8.00. The van der Waals surface area contributed by atoms with Gasteiger partial charge in [0.1, 0.15) is 0 Å². The second kappa shape index (κ2) is 16.5. The lowest BCUT2D eigenvalue weighted by molar-refractivity contribution is 0.874. The second-order valence-electron chi connectivity index (χ2n) is 13.0. The fourth-order valence-corrected chi connectivity index (χ4v) is 10.9. The Morgan fingerprint density at radius 2 is 1.17 bits per heavy atom. The number of aryl methyl sites for hydroxylation is 1. The van der Waals surface area contributed by atoms with E-state index in [2.05, 4.69) is 160 Å². The maximum absolute atomic E-state index is 4.47. The van der Waals surface area contributed by atoms with Gasteiger partial charge in [-0.15, -0.1) is 34.4 Å². The monoisotopic (exact) mass is 730 g/mol. The average molecular weight is 731 g/mol. The minimum atomic E-state index is 0.427. The van der Waals surface area contributed by atoms with E-state index in [0.29, 0.717) is 5.25 Å². The van der Waals surface area contributed by atoms with Gasteiger partial charge in [0.05, 0.1) is 0 Å². The fraction of sp³-hybridized carbons (Fsp3) is 0.184. The number of allylic oxidation sites excluding steroid dienone is 2. The third-order valence-electron chi connectivity index (χ3n) is 9.71. The van der Waals surface area contributed by atoms with Crippen molar-refractivity contribution in [3.05, 3.63) is 157 Å². The normalized spacial score (nSPS) is 15.1. The van der Waals surface area contributed by atoms with Crippen LogP contribution in [0.1, 0.15) is 58.1 Å². The number of hydrogen-bond donors (Lipinski definition) is 0. The van der Waals surface area contributed by atoms with Gasteiger partial charge in [-0.05, 0) is 89.8 Å². The van der Waals surface area contributed by atoms with Crippen LogP contribution in [-0.2, 0) is 6.42 Å². The summed E-state index contributed by atoms with van der Waals surface area (Å²) < 4.78 is 5.57. The number of rotatable bonds is 3. The Balaban J connectivity index is 0.000000205. The molecule has 0 radical (unpaired) electrons. The Hall–Kier alpha value is -4.41. The van der Waals surface area contributed by atoms with Crippen LogP contribution in [0.15, 0.2) is 151 Å². The van der Waals surface area contributed by atoms with Gasteiger partial charge in [0.15, 0.2) is 0 Å². The highest BCUT2D eigenvalue weighted by atomic mass is 32.2. The molecule has 2 aromatic heterocycles. The van der Waals surface area contributed by atoms with E-state index in [-0.39, 0.29) is 0 Å². The molecule has 3 heterocycles. The summed E-state index contributed by atoms with van der Waals surface area (Å²) in [5, 5.41) is 5.93. The van der Waals surface area contributed by atoms with Crippen LogP contribution in [0.2, 0.25) is 0 Å². The van der Waals surface area contributed by atoms with E-state index in [9.17, 15) is 0 Å². The molecule has 0 amide bonds. The minimum Gasteiger partial charge on any atom is -0.135 e. The number of benzene rings is 6. The van der Waals surface area contributed by atoms with Gasteiger partial charge in [0, 0.05) is 50.5 Å². The van der Waals surface area contributed by atoms with E-state index in [1.165, 1.54) is 84.2 Å². The summed E-state index contributed by atoms with van der Waals surface area (Å²) in [6.45, 7) is 13.0. The maximum Gasteiger partial charge on any atom is 0.0433 e. The molecule has 0 saturated heterocycles. The van der Waals surface area contributed by atoms with Gasteiger partial charge in [0.25, 0.3) is 0 Å². The van der Waals surface area contributed by atoms with Gasteiger partial charge in [-0.2, -0.15) is 0 Å². The predicted octanol–water partition coefficient (Wildman–Crippen LogP) is 16.3. The molecule has 9 rings (SSSR count). The number of thioether (sulfide) groups is 1. The summed E-state index contributed by atoms with van der Waals surface area (Å²) in [7, 11) is 0. The first kappa shape index (κ1) is 36.0. The van der Waals surface area contributed by atoms with Gasteiger partial charge in [-0.1, -0.05) is 149 Å². The minimum absolute atomic E-state index is 0.427. The van der Waals surface area contributed by atoms with Crippen molar-refractivity contribution >= 4 is 80.4 Å². The molecule has 260 valence electrons. The van der Waals surface area contributed by atoms with Crippen LogP contribution < -0.4 is 0 Å². The standard InChI is InChI=1S/C33H28S2.C14H12S.C2H6/c1-22-11-4-3-5-12-23(2)34-32-26(22)16-9-17-27(32)24-13-8-14-25(21-24)28-18-10-19-30-29-15-6-7-20-31(29)35-33(28)30;1-2-10-6-5-8-12-11-7-3-4-9-13(11)15-14(10)12;1-2/h5-10,12-21,23H,1,3-4,11H2,2H3;3-9H,2H2,1H3;1-2H3/b12-5-;;. The Kier molecular flexibility index (Phi) is 11.4. The van der Waals surface area contributed by atoms with Crippen LogP contribution in [0.25, 0.3) is 68.2 Å². The van der Waals surface area contributed by atoms with E-state index < -0.39 is 0 Å². The van der Waals surface area contributed by atoms with Crippen molar-refractivity contribution in [3.63, 3.8) is 0 Å². The maximum atomic E-state index is 4.47. The summed E-state index contributed by atoms with van der Waals surface area (Å²) in [6, 6.07) is 46.6. The molecule has 0 nitrogen and oxygen atoms in total. The van der Waals surface area contributed by atoms with Crippen molar-refractivity contribution in [1.82, 2.24) is 0 Å². The van der Waals surface area contributed by atoms with Crippen molar-refractivity contribution in [2.45, 2.75) is 63.5 Å². The van der Waals surface area contributed by atoms with Crippen molar-refractivity contribution in [2.24, 2.45) is 0 Å². The van der Waals surface area contributed by atoms with E-state index in [1.54, 1.807) is 0 Å². The Morgan fingerprint density at radius 1 is 0.615 bits per heavy atom. The van der Waals surface area contributed by atoms with Crippen LogP contribution in [0, 0.1) is 0 Å². The van der Waals surface area contributed by atoms with Gasteiger partial charge >= 0.3 is 0 Å². The summed E-state index contributed by atoms with van der Waals surface area (Å²) in [5.41, 5.74) is 9.19. The number of fused-ring (bicyclic) bond motifs is 7. The van der Waals surface area contributed by atoms with Crippen LogP contribution in [0.4, 0.5) is 0 Å². The summed E-state index contributed by atoms with van der Waals surface area (Å²) in [4.78, 5) is 1.36. The highest BCUT2D eigenvalue weighted by Gasteiger charge is 2.17. The topological polar surface area (TPSA) is 0 Å². The van der Waals surface area contributed by atoms with Gasteiger partial charge in [-0.25, -0.2) is 0 Å². The lowest BCUT2D eigenvalue weighted by Gasteiger charge is -2.20. The van der Waals surface area contributed by atoms with Gasteiger partial charge in [-0.3, -0.25) is 0 Å². The molecular formula is C49H46S3.